The van der Waals surface area contributed by atoms with E-state index in [0.29, 0.717) is 8.78 Å². The Morgan fingerprint density at radius 3 is 2.40 bits per heavy atom. The van der Waals surface area contributed by atoms with Crippen LogP contribution in [-0.2, 0) is 10.0 Å². The molecule has 0 saturated heterocycles. The van der Waals surface area contributed by atoms with E-state index in [1.165, 1.54) is 12.1 Å². The van der Waals surface area contributed by atoms with Gasteiger partial charge in [0, 0.05) is 16.7 Å². The molecule has 0 atom stereocenters. The number of rotatable bonds is 5. The van der Waals surface area contributed by atoms with Crippen molar-refractivity contribution >= 4 is 31.6 Å². The van der Waals surface area contributed by atoms with Gasteiger partial charge in [-0.1, -0.05) is 6.92 Å². The van der Waals surface area contributed by atoms with Gasteiger partial charge in [-0.2, -0.15) is 17.5 Å². The third-order valence-electron chi connectivity index (χ3n) is 2.43. The van der Waals surface area contributed by atoms with Gasteiger partial charge in [0.15, 0.2) is 0 Å². The number of sulfonamides is 1. The minimum Gasteiger partial charge on any atom is -0.398 e. The standard InChI is InChI=1S/C11H14BrF3N2O2S/c1-2-5-17(7-11(13,14)15)20(18,19)8-3-4-9(12)10(16)6-8/h3-4,6H,2,5,7,16H2,1H3. The fourth-order valence-electron chi connectivity index (χ4n) is 1.56. The van der Waals surface area contributed by atoms with Crippen LogP contribution in [0.5, 0.6) is 0 Å². The summed E-state index contributed by atoms with van der Waals surface area (Å²) in [6.45, 7) is -0.119. The molecule has 0 radical (unpaired) electrons. The summed E-state index contributed by atoms with van der Waals surface area (Å²) in [5, 5.41) is 0. The van der Waals surface area contributed by atoms with Crippen molar-refractivity contribution in [3.8, 4) is 0 Å². The van der Waals surface area contributed by atoms with Crippen LogP contribution in [0.25, 0.3) is 0 Å². The quantitative estimate of drug-likeness (QED) is 0.805. The van der Waals surface area contributed by atoms with Gasteiger partial charge in [-0.25, -0.2) is 8.42 Å². The lowest BCUT2D eigenvalue weighted by Crippen LogP contribution is -2.39. The van der Waals surface area contributed by atoms with Crippen LogP contribution in [0.1, 0.15) is 13.3 Å². The van der Waals surface area contributed by atoms with Crippen LogP contribution in [-0.4, -0.2) is 32.0 Å². The van der Waals surface area contributed by atoms with E-state index in [9.17, 15) is 21.6 Å². The summed E-state index contributed by atoms with van der Waals surface area (Å²) in [7, 11) is -4.22. The van der Waals surface area contributed by atoms with Crippen LogP contribution in [0, 0.1) is 0 Å². The van der Waals surface area contributed by atoms with Gasteiger partial charge in [0.25, 0.3) is 0 Å². The topological polar surface area (TPSA) is 63.4 Å². The highest BCUT2D eigenvalue weighted by molar-refractivity contribution is 9.10. The molecule has 0 aliphatic carbocycles. The molecule has 1 aromatic rings. The second-order valence-electron chi connectivity index (χ2n) is 4.14. The Kier molecular flexibility index (Phi) is 5.45. The van der Waals surface area contributed by atoms with Crippen LogP contribution >= 0.6 is 15.9 Å². The molecule has 0 aliphatic heterocycles. The lowest BCUT2D eigenvalue weighted by Gasteiger charge is -2.23. The number of anilines is 1. The van der Waals surface area contributed by atoms with Crippen molar-refractivity contribution in [2.24, 2.45) is 0 Å². The molecule has 4 nitrogen and oxygen atoms in total. The Morgan fingerprint density at radius 1 is 1.35 bits per heavy atom. The molecular formula is C11H14BrF3N2O2S. The zero-order valence-corrected chi connectivity index (χ0v) is 13.0. The monoisotopic (exact) mass is 374 g/mol. The highest BCUT2D eigenvalue weighted by Crippen LogP contribution is 2.27. The van der Waals surface area contributed by atoms with Gasteiger partial charge in [-0.15, -0.1) is 0 Å². The first kappa shape index (κ1) is 17.3. The van der Waals surface area contributed by atoms with E-state index >= 15 is 0 Å². The molecule has 2 N–H and O–H groups in total. The van der Waals surface area contributed by atoms with Crippen molar-refractivity contribution in [3.05, 3.63) is 22.7 Å². The predicted octanol–water partition coefficient (Wildman–Crippen LogP) is 2.99. The molecule has 114 valence electrons. The fourth-order valence-corrected chi connectivity index (χ4v) is 3.36. The van der Waals surface area contributed by atoms with Crippen LogP contribution in [0.15, 0.2) is 27.6 Å². The molecule has 1 aromatic carbocycles. The van der Waals surface area contributed by atoms with Crippen molar-refractivity contribution in [2.75, 3.05) is 18.8 Å². The molecular weight excluding hydrogens is 361 g/mol. The van der Waals surface area contributed by atoms with E-state index in [-0.39, 0.29) is 23.5 Å². The SMILES string of the molecule is CCCN(CC(F)(F)F)S(=O)(=O)c1ccc(Br)c(N)c1. The van der Waals surface area contributed by atoms with E-state index in [4.69, 9.17) is 5.73 Å². The highest BCUT2D eigenvalue weighted by atomic mass is 79.9. The number of nitrogen functional groups attached to an aromatic ring is 1. The number of nitrogens with two attached hydrogens (primary N) is 1. The first-order valence-corrected chi connectivity index (χ1v) is 7.93. The normalized spacial score (nSPS) is 12.9. The molecule has 9 heteroatoms. The molecule has 20 heavy (non-hydrogen) atoms. The summed E-state index contributed by atoms with van der Waals surface area (Å²) >= 11 is 3.10. The number of halogens is 4. The molecule has 0 unspecified atom stereocenters. The number of hydrogen-bond acceptors (Lipinski definition) is 3. The van der Waals surface area contributed by atoms with Gasteiger partial charge in [0.2, 0.25) is 10.0 Å². The summed E-state index contributed by atoms with van der Waals surface area (Å²) in [5.74, 6) is 0. The van der Waals surface area contributed by atoms with Crippen molar-refractivity contribution in [3.63, 3.8) is 0 Å². The molecule has 0 heterocycles. The van der Waals surface area contributed by atoms with Gasteiger partial charge in [0.1, 0.15) is 6.54 Å². The predicted molar refractivity (Wildman–Crippen MR) is 73.7 cm³/mol. The van der Waals surface area contributed by atoms with Gasteiger partial charge in [-0.05, 0) is 40.5 Å². The third kappa shape index (κ3) is 4.35. The number of benzene rings is 1. The minimum absolute atomic E-state index is 0.148. The van der Waals surface area contributed by atoms with Gasteiger partial charge in [-0.3, -0.25) is 0 Å². The van der Waals surface area contributed by atoms with E-state index in [1.807, 2.05) is 0 Å². The second-order valence-corrected chi connectivity index (χ2v) is 6.93. The summed E-state index contributed by atoms with van der Waals surface area (Å²) in [5.41, 5.74) is 5.71. The van der Waals surface area contributed by atoms with Gasteiger partial charge < -0.3 is 5.73 Å². The average Bonchev–Trinajstić information content (AvgIpc) is 2.30. The van der Waals surface area contributed by atoms with E-state index in [0.717, 1.165) is 6.07 Å². The maximum atomic E-state index is 12.5. The lowest BCUT2D eigenvalue weighted by atomic mass is 10.3. The Bertz CT molecular complexity index is 576. The second kappa shape index (κ2) is 6.31. The molecule has 0 amide bonds. The molecule has 0 bridgehead atoms. The molecule has 0 fully saturated rings. The number of nitrogens with zero attached hydrogens (tertiary/aromatic N) is 1. The Balaban J connectivity index is 3.18. The van der Waals surface area contributed by atoms with Crippen LogP contribution in [0.2, 0.25) is 0 Å². The van der Waals surface area contributed by atoms with Crippen LogP contribution < -0.4 is 5.73 Å². The number of hydrogen-bond donors (Lipinski definition) is 1. The molecule has 0 aliphatic rings. The Morgan fingerprint density at radius 2 is 1.95 bits per heavy atom. The average molecular weight is 375 g/mol. The van der Waals surface area contributed by atoms with E-state index < -0.39 is 22.7 Å². The lowest BCUT2D eigenvalue weighted by molar-refractivity contribution is -0.136. The van der Waals surface area contributed by atoms with Crippen molar-refractivity contribution in [2.45, 2.75) is 24.4 Å². The highest BCUT2D eigenvalue weighted by Gasteiger charge is 2.36. The fraction of sp³-hybridized carbons (Fsp3) is 0.455. The summed E-state index contributed by atoms with van der Waals surface area (Å²) in [6, 6.07) is 3.74. The van der Waals surface area contributed by atoms with E-state index in [2.05, 4.69) is 15.9 Å². The smallest absolute Gasteiger partial charge is 0.398 e. The maximum absolute atomic E-state index is 12.5. The van der Waals surface area contributed by atoms with Crippen molar-refractivity contribution < 1.29 is 21.6 Å². The van der Waals surface area contributed by atoms with Gasteiger partial charge in [0.05, 0.1) is 4.90 Å². The minimum atomic E-state index is -4.59. The zero-order chi connectivity index (χ0) is 15.6. The third-order valence-corrected chi connectivity index (χ3v) is 5.00. The van der Waals surface area contributed by atoms with Crippen LogP contribution in [0.3, 0.4) is 0 Å². The summed E-state index contributed by atoms with van der Waals surface area (Å²) in [4.78, 5) is -0.254. The largest absolute Gasteiger partial charge is 0.402 e. The van der Waals surface area contributed by atoms with Crippen molar-refractivity contribution in [1.29, 1.82) is 0 Å². The van der Waals surface area contributed by atoms with Crippen LogP contribution in [0.4, 0.5) is 18.9 Å². The first-order chi connectivity index (χ1) is 9.08. The summed E-state index contributed by atoms with van der Waals surface area (Å²) in [6.07, 6.45) is -4.32. The van der Waals surface area contributed by atoms with Gasteiger partial charge >= 0.3 is 6.18 Å². The molecule has 0 aromatic heterocycles. The molecule has 0 spiro atoms. The molecule has 1 rings (SSSR count). The van der Waals surface area contributed by atoms with Crippen molar-refractivity contribution in [1.82, 2.24) is 4.31 Å². The zero-order valence-electron chi connectivity index (χ0n) is 10.6. The first-order valence-electron chi connectivity index (χ1n) is 5.70. The Hall–Kier alpha value is -0.800. The van der Waals surface area contributed by atoms with E-state index in [1.54, 1.807) is 6.92 Å². The Labute approximate surface area is 123 Å². The molecule has 0 saturated carbocycles. The maximum Gasteiger partial charge on any atom is 0.402 e. The summed E-state index contributed by atoms with van der Waals surface area (Å²) < 4.78 is 62.8. The number of alkyl halides is 3.